The van der Waals surface area contributed by atoms with E-state index in [1.54, 1.807) is 26.1 Å². The smallest absolute Gasteiger partial charge is 0.419 e. The van der Waals surface area contributed by atoms with Crippen LogP contribution in [0.5, 0.6) is 0 Å². The molecular weight excluding hydrogens is 386 g/mol. The van der Waals surface area contributed by atoms with Crippen LogP contribution in [0.25, 0.3) is 17.0 Å². The Bertz CT molecular complexity index is 843. The topological polar surface area (TPSA) is 57.5 Å². The van der Waals surface area contributed by atoms with Crippen molar-refractivity contribution in [3.63, 3.8) is 0 Å². The highest BCUT2D eigenvalue weighted by Crippen LogP contribution is 2.28. The van der Waals surface area contributed by atoms with Crippen LogP contribution >= 0.6 is 15.9 Å². The lowest BCUT2D eigenvalue weighted by molar-refractivity contribution is -0.138. The molecular formula is C19H22BrNO4. The van der Waals surface area contributed by atoms with Gasteiger partial charge in [0.05, 0.1) is 12.1 Å². The normalized spacial score (nSPS) is 12.3. The Morgan fingerprint density at radius 1 is 1.28 bits per heavy atom. The van der Waals surface area contributed by atoms with Crippen molar-refractivity contribution in [2.75, 3.05) is 6.61 Å². The molecule has 1 heterocycles. The molecule has 1 aromatic carbocycles. The molecule has 0 N–H and O–H groups in total. The number of rotatable bonds is 3. The van der Waals surface area contributed by atoms with Gasteiger partial charge in [0.15, 0.2) is 0 Å². The van der Waals surface area contributed by atoms with Crippen LogP contribution in [0.3, 0.4) is 0 Å². The van der Waals surface area contributed by atoms with E-state index in [9.17, 15) is 9.59 Å². The Labute approximate surface area is 155 Å². The Balaban J connectivity index is 2.54. The number of fused-ring (bicyclic) bond motifs is 1. The lowest BCUT2D eigenvalue weighted by Gasteiger charge is -2.19. The van der Waals surface area contributed by atoms with E-state index in [2.05, 4.69) is 15.9 Å². The number of carbonyl (C=O) groups excluding carboxylic acids is 2. The van der Waals surface area contributed by atoms with E-state index in [1.165, 1.54) is 4.57 Å². The summed E-state index contributed by atoms with van der Waals surface area (Å²) in [6, 6.07) is 5.59. The average Bonchev–Trinajstić information content (AvgIpc) is 2.84. The van der Waals surface area contributed by atoms with E-state index in [0.717, 1.165) is 15.4 Å². The predicted molar refractivity (Wildman–Crippen MR) is 102 cm³/mol. The molecule has 0 amide bonds. The first-order valence-electron chi connectivity index (χ1n) is 8.01. The second-order valence-corrected chi connectivity index (χ2v) is 7.56. The predicted octanol–water partition coefficient (Wildman–Crippen LogP) is 5.15. The van der Waals surface area contributed by atoms with Gasteiger partial charge in [-0.2, -0.15) is 0 Å². The minimum absolute atomic E-state index is 0.315. The summed E-state index contributed by atoms with van der Waals surface area (Å²) >= 11 is 3.44. The highest BCUT2D eigenvalue weighted by molar-refractivity contribution is 9.10. The number of carbonyl (C=O) groups is 2. The van der Waals surface area contributed by atoms with Crippen LogP contribution in [-0.4, -0.2) is 28.8 Å². The number of benzene rings is 1. The molecule has 0 fully saturated rings. The molecule has 0 atom stereocenters. The fourth-order valence-corrected chi connectivity index (χ4v) is 2.70. The Kier molecular flexibility index (Phi) is 5.72. The van der Waals surface area contributed by atoms with Gasteiger partial charge < -0.3 is 9.47 Å². The summed E-state index contributed by atoms with van der Waals surface area (Å²) in [7, 11) is 0. The number of nitrogens with zero attached hydrogens (tertiary/aromatic N) is 1. The van der Waals surface area contributed by atoms with Crippen LogP contribution in [0.4, 0.5) is 4.79 Å². The molecule has 0 saturated carbocycles. The maximum absolute atomic E-state index is 12.5. The van der Waals surface area contributed by atoms with Crippen LogP contribution in [0, 0.1) is 0 Å². The maximum atomic E-state index is 12.5. The number of halogens is 1. The van der Waals surface area contributed by atoms with Crippen LogP contribution in [0.2, 0.25) is 0 Å². The van der Waals surface area contributed by atoms with Gasteiger partial charge in [-0.15, -0.1) is 0 Å². The van der Waals surface area contributed by atoms with Crippen molar-refractivity contribution >= 4 is 45.0 Å². The van der Waals surface area contributed by atoms with Gasteiger partial charge in [-0.25, -0.2) is 9.59 Å². The lowest BCUT2D eigenvalue weighted by atomic mass is 10.1. The molecule has 6 heteroatoms. The highest BCUT2D eigenvalue weighted by atomic mass is 79.9. The minimum Gasteiger partial charge on any atom is -0.463 e. The van der Waals surface area contributed by atoms with Gasteiger partial charge in [-0.05, 0) is 58.9 Å². The van der Waals surface area contributed by atoms with E-state index in [1.807, 2.05) is 39.0 Å². The molecule has 134 valence electrons. The van der Waals surface area contributed by atoms with E-state index < -0.39 is 11.7 Å². The van der Waals surface area contributed by atoms with Gasteiger partial charge in [0.25, 0.3) is 0 Å². The molecule has 5 nitrogen and oxygen atoms in total. The number of aromatic nitrogens is 1. The zero-order valence-electron chi connectivity index (χ0n) is 15.1. The van der Waals surface area contributed by atoms with Gasteiger partial charge in [0.1, 0.15) is 5.60 Å². The average molecular weight is 408 g/mol. The molecule has 0 saturated heterocycles. The molecule has 2 rings (SSSR count). The van der Waals surface area contributed by atoms with Gasteiger partial charge in [0.2, 0.25) is 0 Å². The Morgan fingerprint density at radius 2 is 1.96 bits per heavy atom. The molecule has 1 aromatic heterocycles. The van der Waals surface area contributed by atoms with Crippen molar-refractivity contribution in [2.24, 2.45) is 0 Å². The standard InChI is InChI=1S/C19H22BrNO4/c1-6-24-17(22)12(2)9-13-11-21(18(23)25-19(3,4)5)16-8-7-14(20)10-15(13)16/h7-11H,6H2,1-5H3. The third-order valence-electron chi connectivity index (χ3n) is 3.36. The van der Waals surface area contributed by atoms with Gasteiger partial charge in [0, 0.05) is 27.2 Å². The number of ether oxygens (including phenoxy) is 2. The largest absolute Gasteiger partial charge is 0.463 e. The van der Waals surface area contributed by atoms with E-state index in [4.69, 9.17) is 9.47 Å². The SMILES string of the molecule is CCOC(=O)C(C)=Cc1cn(C(=O)OC(C)(C)C)c2ccc(Br)cc12. The minimum atomic E-state index is -0.597. The zero-order chi connectivity index (χ0) is 18.8. The summed E-state index contributed by atoms with van der Waals surface area (Å²) in [6.45, 7) is 9.22. The van der Waals surface area contributed by atoms with Gasteiger partial charge in [-0.3, -0.25) is 4.57 Å². The summed E-state index contributed by atoms with van der Waals surface area (Å²) in [5.74, 6) is -0.379. The summed E-state index contributed by atoms with van der Waals surface area (Å²) < 4.78 is 12.8. The van der Waals surface area contributed by atoms with Crippen LogP contribution < -0.4 is 0 Å². The molecule has 0 unspecified atom stereocenters. The van der Waals surface area contributed by atoms with Crippen molar-refractivity contribution < 1.29 is 19.1 Å². The van der Waals surface area contributed by atoms with E-state index in [-0.39, 0.29) is 5.97 Å². The second-order valence-electron chi connectivity index (χ2n) is 6.64. The monoisotopic (exact) mass is 407 g/mol. The highest BCUT2D eigenvalue weighted by Gasteiger charge is 2.20. The summed E-state index contributed by atoms with van der Waals surface area (Å²) in [5, 5.41) is 0.837. The molecule has 2 aromatic rings. The first kappa shape index (κ1) is 19.2. The lowest BCUT2D eigenvalue weighted by Crippen LogP contribution is -2.26. The Hall–Kier alpha value is -2.08. The van der Waals surface area contributed by atoms with Crippen molar-refractivity contribution in [3.8, 4) is 0 Å². The van der Waals surface area contributed by atoms with E-state index in [0.29, 0.717) is 17.7 Å². The first-order valence-corrected chi connectivity index (χ1v) is 8.81. The molecule has 25 heavy (non-hydrogen) atoms. The van der Waals surface area contributed by atoms with Gasteiger partial charge >= 0.3 is 12.1 Å². The van der Waals surface area contributed by atoms with E-state index >= 15 is 0 Å². The molecule has 0 radical (unpaired) electrons. The van der Waals surface area contributed by atoms with Crippen molar-refractivity contribution in [2.45, 2.75) is 40.2 Å². The summed E-state index contributed by atoms with van der Waals surface area (Å²) in [5.41, 5.74) is 1.32. The molecule has 0 spiro atoms. The van der Waals surface area contributed by atoms with Crippen molar-refractivity contribution in [3.05, 3.63) is 40.0 Å². The number of hydrogen-bond acceptors (Lipinski definition) is 4. The third-order valence-corrected chi connectivity index (χ3v) is 3.85. The first-order chi connectivity index (χ1) is 11.6. The zero-order valence-corrected chi connectivity index (χ0v) is 16.6. The fraction of sp³-hybridized carbons (Fsp3) is 0.368. The molecule has 0 aliphatic heterocycles. The molecule has 0 bridgehead atoms. The number of esters is 1. The fourth-order valence-electron chi connectivity index (χ4n) is 2.34. The number of hydrogen-bond donors (Lipinski definition) is 0. The summed E-state index contributed by atoms with van der Waals surface area (Å²) in [4.78, 5) is 24.4. The molecule has 0 aliphatic rings. The summed E-state index contributed by atoms with van der Waals surface area (Å²) in [6.07, 6.45) is 2.93. The Morgan fingerprint density at radius 3 is 2.56 bits per heavy atom. The van der Waals surface area contributed by atoms with Crippen LogP contribution in [0.1, 0.15) is 40.2 Å². The van der Waals surface area contributed by atoms with Crippen molar-refractivity contribution in [1.29, 1.82) is 0 Å². The second kappa shape index (κ2) is 7.44. The van der Waals surface area contributed by atoms with Crippen LogP contribution in [-0.2, 0) is 14.3 Å². The quantitative estimate of drug-likeness (QED) is 0.521. The van der Waals surface area contributed by atoms with Gasteiger partial charge in [-0.1, -0.05) is 15.9 Å². The van der Waals surface area contributed by atoms with Crippen molar-refractivity contribution in [1.82, 2.24) is 4.57 Å². The third kappa shape index (κ3) is 4.72. The maximum Gasteiger partial charge on any atom is 0.419 e. The van der Waals surface area contributed by atoms with Crippen LogP contribution in [0.15, 0.2) is 34.4 Å². The molecule has 0 aliphatic carbocycles.